The molecule has 0 amide bonds. The van der Waals surface area contributed by atoms with E-state index >= 15 is 4.39 Å². The predicted octanol–water partition coefficient (Wildman–Crippen LogP) is 1.34. The van der Waals surface area contributed by atoms with Crippen LogP contribution in [0.5, 0.6) is 0 Å². The highest BCUT2D eigenvalue weighted by Gasteiger charge is 2.33. The number of nitrogen functional groups attached to an aromatic ring is 1. The number of carbonyl (C=O) groups is 1. The molecule has 2 aromatic carbocycles. The van der Waals surface area contributed by atoms with E-state index in [2.05, 4.69) is 0 Å². The first kappa shape index (κ1) is 21.6. The zero-order chi connectivity index (χ0) is 23.5. The maximum Gasteiger partial charge on any atom is 0.341 e. The molecule has 2 atom stereocenters. The van der Waals surface area contributed by atoms with Gasteiger partial charge in [-0.05, 0) is 12.1 Å². The number of aromatic carboxylic acids is 1. The van der Waals surface area contributed by atoms with Gasteiger partial charge in [0.25, 0.3) is 0 Å². The van der Waals surface area contributed by atoms with Gasteiger partial charge < -0.3 is 31.1 Å². The number of aromatic nitrogens is 1. The number of nitrogens with two attached hydrogens (primary N) is 2. The van der Waals surface area contributed by atoms with E-state index in [1.54, 1.807) is 0 Å². The number of pyridine rings is 1. The third kappa shape index (κ3) is 3.24. The van der Waals surface area contributed by atoms with E-state index < -0.39 is 80.3 Å². The second kappa shape index (κ2) is 7.50. The molecule has 1 fully saturated rings. The van der Waals surface area contributed by atoms with Crippen LogP contribution >= 0.6 is 0 Å². The van der Waals surface area contributed by atoms with Crippen molar-refractivity contribution in [2.45, 2.75) is 12.1 Å². The van der Waals surface area contributed by atoms with Gasteiger partial charge in [-0.1, -0.05) is 0 Å². The molecule has 4 rings (SSSR count). The second-order valence-electron chi connectivity index (χ2n) is 7.43. The van der Waals surface area contributed by atoms with Crippen LogP contribution in [0.1, 0.15) is 10.4 Å². The van der Waals surface area contributed by atoms with Gasteiger partial charge in [0, 0.05) is 31.4 Å². The first-order valence-electron chi connectivity index (χ1n) is 9.25. The minimum Gasteiger partial charge on any atom is -0.477 e. The molecule has 1 aliphatic heterocycles. The number of carboxylic acids is 1. The quantitative estimate of drug-likeness (QED) is 0.348. The van der Waals surface area contributed by atoms with Crippen LogP contribution in [0, 0.1) is 23.3 Å². The zero-order valence-corrected chi connectivity index (χ0v) is 16.2. The average Bonchev–Trinajstić information content (AvgIpc) is 3.03. The summed E-state index contributed by atoms with van der Waals surface area (Å²) in [4.78, 5) is 25.3. The molecule has 0 saturated carbocycles. The number of benzene rings is 2. The smallest absolute Gasteiger partial charge is 0.341 e. The maximum atomic E-state index is 15.7. The summed E-state index contributed by atoms with van der Waals surface area (Å²) < 4.78 is 59.5. The lowest BCUT2D eigenvalue weighted by Crippen LogP contribution is -2.32. The van der Waals surface area contributed by atoms with E-state index in [0.717, 1.165) is 11.0 Å². The van der Waals surface area contributed by atoms with E-state index in [1.807, 2.05) is 0 Å². The fourth-order valence-electron chi connectivity index (χ4n) is 3.77. The highest BCUT2D eigenvalue weighted by molar-refractivity contribution is 5.94. The van der Waals surface area contributed by atoms with E-state index in [9.17, 15) is 33.0 Å². The van der Waals surface area contributed by atoms with Gasteiger partial charge in [0.1, 0.15) is 28.7 Å². The van der Waals surface area contributed by atoms with Crippen molar-refractivity contribution in [1.29, 1.82) is 0 Å². The Hall–Kier alpha value is -3.64. The number of hydrogen-bond donors (Lipinski definition) is 4. The van der Waals surface area contributed by atoms with Crippen LogP contribution in [0.4, 0.5) is 28.9 Å². The lowest BCUT2D eigenvalue weighted by atomic mass is 10.1. The van der Waals surface area contributed by atoms with Crippen LogP contribution in [0.25, 0.3) is 16.6 Å². The largest absolute Gasteiger partial charge is 0.477 e. The number of halogens is 4. The van der Waals surface area contributed by atoms with Gasteiger partial charge in [-0.15, -0.1) is 0 Å². The molecule has 0 spiro atoms. The minimum atomic E-state index is -1.72. The molecule has 1 saturated heterocycles. The standard InChI is InChI=1S/C20H16F4N4O4/c21-9-2-10(22)14(3-12(9)25)28-4-8(20(31)32)19(30)7-1-11(23)18(16(24)17(7)28)27-5-13(26)15(29)6-27/h1-4,13,15,29H,5-6,25-26H2,(H,31,32). The van der Waals surface area contributed by atoms with E-state index in [1.165, 1.54) is 0 Å². The molecule has 2 heterocycles. The summed E-state index contributed by atoms with van der Waals surface area (Å²) in [6, 6.07) is 1.03. The molecular formula is C20H16F4N4O4. The molecule has 1 aromatic heterocycles. The first-order valence-corrected chi connectivity index (χ1v) is 9.25. The van der Waals surface area contributed by atoms with Crippen LogP contribution in [0.3, 0.4) is 0 Å². The van der Waals surface area contributed by atoms with Crippen molar-refractivity contribution in [2.24, 2.45) is 5.73 Å². The number of hydrogen-bond acceptors (Lipinski definition) is 6. The Morgan fingerprint density at radius 2 is 1.75 bits per heavy atom. The van der Waals surface area contributed by atoms with Gasteiger partial charge in [0.05, 0.1) is 28.4 Å². The van der Waals surface area contributed by atoms with E-state index in [-0.39, 0.29) is 13.1 Å². The molecule has 3 aromatic rings. The van der Waals surface area contributed by atoms with Crippen molar-refractivity contribution in [2.75, 3.05) is 23.7 Å². The number of fused-ring (bicyclic) bond motifs is 1. The van der Waals surface area contributed by atoms with Gasteiger partial charge in [0.2, 0.25) is 5.43 Å². The molecule has 0 aliphatic carbocycles. The lowest BCUT2D eigenvalue weighted by Gasteiger charge is -2.22. The maximum absolute atomic E-state index is 15.7. The van der Waals surface area contributed by atoms with Gasteiger partial charge in [-0.25, -0.2) is 22.4 Å². The van der Waals surface area contributed by atoms with Crippen molar-refractivity contribution in [3.8, 4) is 5.69 Å². The summed E-state index contributed by atoms with van der Waals surface area (Å²) in [5.74, 6) is -6.59. The number of carboxylic acid groups (broad SMARTS) is 1. The van der Waals surface area contributed by atoms with Crippen LogP contribution in [-0.4, -0.2) is 46.0 Å². The Balaban J connectivity index is 2.12. The van der Waals surface area contributed by atoms with Gasteiger partial charge in [-0.2, -0.15) is 0 Å². The number of nitrogens with zero attached hydrogens (tertiary/aromatic N) is 2. The van der Waals surface area contributed by atoms with Crippen molar-refractivity contribution >= 4 is 28.2 Å². The third-order valence-corrected chi connectivity index (χ3v) is 5.36. The zero-order valence-electron chi connectivity index (χ0n) is 16.2. The van der Waals surface area contributed by atoms with Gasteiger partial charge >= 0.3 is 5.97 Å². The normalized spacial score (nSPS) is 18.5. The Morgan fingerprint density at radius 1 is 1.06 bits per heavy atom. The summed E-state index contributed by atoms with van der Waals surface area (Å²) in [7, 11) is 0. The Kier molecular flexibility index (Phi) is 5.06. The second-order valence-corrected chi connectivity index (χ2v) is 7.43. The molecule has 32 heavy (non-hydrogen) atoms. The summed E-state index contributed by atoms with van der Waals surface area (Å²) in [6.45, 7) is -0.328. The number of β-amino-alcohol motifs (C(OH)–C–C–N with tert-alkyl or cyclic N) is 1. The molecule has 8 nitrogen and oxygen atoms in total. The van der Waals surface area contributed by atoms with Crippen LogP contribution < -0.4 is 21.8 Å². The van der Waals surface area contributed by atoms with Crippen molar-refractivity contribution < 1.29 is 32.6 Å². The highest BCUT2D eigenvalue weighted by Crippen LogP contribution is 2.34. The van der Waals surface area contributed by atoms with Crippen molar-refractivity contribution in [3.63, 3.8) is 0 Å². The molecule has 0 radical (unpaired) electrons. The molecule has 6 N–H and O–H groups in total. The summed E-state index contributed by atoms with van der Waals surface area (Å²) in [6.07, 6.45) is -0.423. The number of anilines is 2. The molecule has 0 bridgehead atoms. The number of aliphatic hydroxyl groups excluding tert-OH is 1. The number of aliphatic hydroxyl groups is 1. The Morgan fingerprint density at radius 3 is 2.34 bits per heavy atom. The Labute approximate surface area is 176 Å². The third-order valence-electron chi connectivity index (χ3n) is 5.36. The van der Waals surface area contributed by atoms with E-state index in [0.29, 0.717) is 22.9 Å². The number of rotatable bonds is 3. The highest BCUT2D eigenvalue weighted by atomic mass is 19.1. The van der Waals surface area contributed by atoms with Crippen LogP contribution in [0.2, 0.25) is 0 Å². The van der Waals surface area contributed by atoms with E-state index in [4.69, 9.17) is 11.5 Å². The monoisotopic (exact) mass is 452 g/mol. The van der Waals surface area contributed by atoms with Crippen LogP contribution in [0.15, 0.2) is 29.2 Å². The van der Waals surface area contributed by atoms with Gasteiger partial charge in [0.15, 0.2) is 5.82 Å². The topological polar surface area (TPSA) is 135 Å². The summed E-state index contributed by atoms with van der Waals surface area (Å²) in [5.41, 5.74) is 6.70. The fourth-order valence-corrected chi connectivity index (χ4v) is 3.77. The summed E-state index contributed by atoms with van der Waals surface area (Å²) in [5, 5.41) is 18.5. The van der Waals surface area contributed by atoms with Gasteiger partial charge in [-0.3, -0.25) is 4.79 Å². The summed E-state index contributed by atoms with van der Waals surface area (Å²) >= 11 is 0. The Bertz CT molecular complexity index is 1330. The fraction of sp³-hybridized carbons (Fsp3) is 0.200. The lowest BCUT2D eigenvalue weighted by molar-refractivity contribution is 0.0695. The van der Waals surface area contributed by atoms with Crippen molar-refractivity contribution in [1.82, 2.24) is 4.57 Å². The predicted molar refractivity (Wildman–Crippen MR) is 107 cm³/mol. The molecule has 168 valence electrons. The minimum absolute atomic E-state index is 0.115. The molecular weight excluding hydrogens is 436 g/mol. The van der Waals surface area contributed by atoms with Crippen LogP contribution in [-0.2, 0) is 0 Å². The van der Waals surface area contributed by atoms with Crippen molar-refractivity contribution in [3.05, 3.63) is 63.5 Å². The average molecular weight is 452 g/mol. The SMILES string of the molecule is Nc1cc(-n2cc(C(=O)O)c(=O)c3cc(F)c(N4CC(N)C(O)C4)c(F)c32)c(F)cc1F. The molecule has 2 unspecified atom stereocenters. The molecule has 1 aliphatic rings. The molecule has 12 heteroatoms. The first-order chi connectivity index (χ1) is 15.0.